The zero-order valence-electron chi connectivity index (χ0n) is 11.2. The van der Waals surface area contributed by atoms with Crippen LogP contribution >= 0.6 is 0 Å². The quantitative estimate of drug-likeness (QED) is 0.890. The van der Waals surface area contributed by atoms with Crippen molar-refractivity contribution in [1.82, 2.24) is 5.32 Å². The van der Waals surface area contributed by atoms with Crippen molar-refractivity contribution in [2.75, 3.05) is 0 Å². The summed E-state index contributed by atoms with van der Waals surface area (Å²) in [5.74, 6) is 0.885. The number of hydrogen-bond acceptors (Lipinski definition) is 2. The molecule has 19 heavy (non-hydrogen) atoms. The van der Waals surface area contributed by atoms with E-state index < -0.39 is 0 Å². The van der Waals surface area contributed by atoms with Gasteiger partial charge in [0.05, 0.1) is 0 Å². The van der Waals surface area contributed by atoms with E-state index in [0.717, 1.165) is 17.4 Å². The fraction of sp³-hybridized carbons (Fsp3) is 0.438. The summed E-state index contributed by atoms with van der Waals surface area (Å²) in [6.45, 7) is 2.21. The maximum Gasteiger partial charge on any atom is 0.287 e. The summed E-state index contributed by atoms with van der Waals surface area (Å²) in [5.41, 5.74) is 0.768. The second kappa shape index (κ2) is 5.08. The molecule has 1 heterocycles. The van der Waals surface area contributed by atoms with Crippen LogP contribution < -0.4 is 5.32 Å². The number of para-hydroxylation sites is 1. The van der Waals surface area contributed by atoms with Gasteiger partial charge in [0.25, 0.3) is 5.91 Å². The maximum absolute atomic E-state index is 12.2. The average Bonchev–Trinajstić information content (AvgIpc) is 2.85. The summed E-state index contributed by atoms with van der Waals surface area (Å²) >= 11 is 0. The highest BCUT2D eigenvalue weighted by atomic mass is 16.3. The molecule has 1 amide bonds. The van der Waals surface area contributed by atoms with Gasteiger partial charge in [-0.05, 0) is 30.9 Å². The van der Waals surface area contributed by atoms with Crippen molar-refractivity contribution in [2.45, 2.75) is 38.6 Å². The van der Waals surface area contributed by atoms with Crippen LogP contribution in [0.5, 0.6) is 0 Å². The summed E-state index contributed by atoms with van der Waals surface area (Å²) in [7, 11) is 0. The molecule has 1 aromatic heterocycles. The third kappa shape index (κ3) is 2.50. The van der Waals surface area contributed by atoms with E-state index in [9.17, 15) is 4.79 Å². The molecule has 0 aliphatic heterocycles. The third-order valence-electron chi connectivity index (χ3n) is 4.08. The molecular formula is C16H19NO2. The Morgan fingerprint density at radius 3 is 2.84 bits per heavy atom. The Labute approximate surface area is 113 Å². The minimum Gasteiger partial charge on any atom is -0.451 e. The zero-order valence-corrected chi connectivity index (χ0v) is 11.2. The molecule has 1 aromatic carbocycles. The lowest BCUT2D eigenvalue weighted by Gasteiger charge is -2.29. The number of carbonyl (C=O) groups excluding carboxylic acids is 1. The average molecular weight is 257 g/mol. The number of hydrogen-bond donors (Lipinski definition) is 1. The van der Waals surface area contributed by atoms with E-state index in [2.05, 4.69) is 12.2 Å². The molecule has 0 saturated heterocycles. The lowest BCUT2D eigenvalue weighted by molar-refractivity contribution is 0.0884. The summed E-state index contributed by atoms with van der Waals surface area (Å²) < 4.78 is 5.59. The fourth-order valence-electron chi connectivity index (χ4n) is 2.86. The van der Waals surface area contributed by atoms with Gasteiger partial charge in [-0.1, -0.05) is 38.0 Å². The van der Waals surface area contributed by atoms with Gasteiger partial charge in [-0.3, -0.25) is 4.79 Å². The Morgan fingerprint density at radius 1 is 1.26 bits per heavy atom. The Morgan fingerprint density at radius 2 is 2.05 bits per heavy atom. The van der Waals surface area contributed by atoms with Crippen LogP contribution in [-0.2, 0) is 0 Å². The third-order valence-corrected chi connectivity index (χ3v) is 4.08. The van der Waals surface area contributed by atoms with Crippen molar-refractivity contribution in [1.29, 1.82) is 0 Å². The molecule has 2 atom stereocenters. The Bertz CT molecular complexity index is 554. The lowest BCUT2D eigenvalue weighted by Crippen LogP contribution is -2.40. The molecule has 0 unspecified atom stereocenters. The first kappa shape index (κ1) is 12.3. The highest BCUT2D eigenvalue weighted by molar-refractivity contribution is 5.96. The molecule has 0 spiro atoms. The van der Waals surface area contributed by atoms with Gasteiger partial charge in [0, 0.05) is 11.4 Å². The van der Waals surface area contributed by atoms with E-state index in [1.54, 1.807) is 0 Å². The summed E-state index contributed by atoms with van der Waals surface area (Å²) in [6.07, 6.45) is 4.76. The Balaban J connectivity index is 1.76. The predicted octanol–water partition coefficient (Wildman–Crippen LogP) is 3.74. The van der Waals surface area contributed by atoms with Gasteiger partial charge in [0.15, 0.2) is 5.76 Å². The van der Waals surface area contributed by atoms with Crippen LogP contribution in [0.2, 0.25) is 0 Å². The van der Waals surface area contributed by atoms with Crippen molar-refractivity contribution >= 4 is 16.9 Å². The largest absolute Gasteiger partial charge is 0.451 e. The lowest BCUT2D eigenvalue weighted by atomic mass is 9.86. The molecule has 0 radical (unpaired) electrons. The molecule has 3 rings (SSSR count). The molecule has 0 bridgehead atoms. The van der Waals surface area contributed by atoms with Gasteiger partial charge in [-0.25, -0.2) is 0 Å². The van der Waals surface area contributed by atoms with Gasteiger partial charge >= 0.3 is 0 Å². The highest BCUT2D eigenvalue weighted by Gasteiger charge is 2.24. The molecule has 3 heteroatoms. The monoisotopic (exact) mass is 257 g/mol. The van der Waals surface area contributed by atoms with Crippen LogP contribution in [0.15, 0.2) is 34.7 Å². The molecular weight excluding hydrogens is 238 g/mol. The first-order chi connectivity index (χ1) is 9.24. The van der Waals surface area contributed by atoms with Gasteiger partial charge in [-0.2, -0.15) is 0 Å². The van der Waals surface area contributed by atoms with E-state index in [1.165, 1.54) is 19.3 Å². The van der Waals surface area contributed by atoms with Crippen LogP contribution in [-0.4, -0.2) is 11.9 Å². The first-order valence-corrected chi connectivity index (χ1v) is 7.03. The molecule has 1 aliphatic rings. The maximum atomic E-state index is 12.2. The van der Waals surface area contributed by atoms with Gasteiger partial charge in [0.1, 0.15) is 5.58 Å². The van der Waals surface area contributed by atoms with Gasteiger partial charge in [-0.15, -0.1) is 0 Å². The number of carbonyl (C=O) groups is 1. The molecule has 1 fully saturated rings. The van der Waals surface area contributed by atoms with Crippen LogP contribution in [0, 0.1) is 5.92 Å². The SMILES string of the molecule is C[C@@H]1CCCC[C@@H]1NC(=O)c1cc2ccccc2o1. The Kier molecular flexibility index (Phi) is 3.28. The molecule has 1 saturated carbocycles. The minimum atomic E-state index is -0.0880. The minimum absolute atomic E-state index is 0.0880. The normalized spacial score (nSPS) is 23.4. The zero-order chi connectivity index (χ0) is 13.2. The number of amides is 1. The fourth-order valence-corrected chi connectivity index (χ4v) is 2.86. The Hall–Kier alpha value is -1.77. The second-order valence-corrected chi connectivity index (χ2v) is 5.49. The number of fused-ring (bicyclic) bond motifs is 1. The molecule has 3 nitrogen and oxygen atoms in total. The van der Waals surface area contributed by atoms with Crippen LogP contribution in [0.1, 0.15) is 43.2 Å². The van der Waals surface area contributed by atoms with Gasteiger partial charge in [0.2, 0.25) is 0 Å². The van der Waals surface area contributed by atoms with E-state index in [4.69, 9.17) is 4.42 Å². The molecule has 100 valence electrons. The van der Waals surface area contributed by atoms with Crippen molar-refractivity contribution in [3.05, 3.63) is 36.1 Å². The molecule has 1 aliphatic carbocycles. The van der Waals surface area contributed by atoms with E-state index >= 15 is 0 Å². The number of nitrogens with one attached hydrogen (secondary N) is 1. The molecule has 1 N–H and O–H groups in total. The summed E-state index contributed by atoms with van der Waals surface area (Å²) in [6, 6.07) is 9.81. The summed E-state index contributed by atoms with van der Waals surface area (Å²) in [5, 5.41) is 4.09. The first-order valence-electron chi connectivity index (χ1n) is 7.03. The van der Waals surface area contributed by atoms with Crippen molar-refractivity contribution in [3.8, 4) is 0 Å². The topological polar surface area (TPSA) is 42.2 Å². The van der Waals surface area contributed by atoms with Crippen molar-refractivity contribution in [2.24, 2.45) is 5.92 Å². The number of rotatable bonds is 2. The van der Waals surface area contributed by atoms with Crippen LogP contribution in [0.25, 0.3) is 11.0 Å². The van der Waals surface area contributed by atoms with Crippen LogP contribution in [0.4, 0.5) is 0 Å². The second-order valence-electron chi connectivity index (χ2n) is 5.49. The smallest absolute Gasteiger partial charge is 0.287 e. The van der Waals surface area contributed by atoms with E-state index in [-0.39, 0.29) is 11.9 Å². The molecule has 2 aromatic rings. The summed E-state index contributed by atoms with van der Waals surface area (Å²) in [4.78, 5) is 12.2. The van der Waals surface area contributed by atoms with E-state index in [0.29, 0.717) is 11.7 Å². The van der Waals surface area contributed by atoms with Gasteiger partial charge < -0.3 is 9.73 Å². The van der Waals surface area contributed by atoms with E-state index in [1.807, 2.05) is 30.3 Å². The van der Waals surface area contributed by atoms with Crippen molar-refractivity contribution in [3.63, 3.8) is 0 Å². The van der Waals surface area contributed by atoms with Crippen molar-refractivity contribution < 1.29 is 9.21 Å². The highest BCUT2D eigenvalue weighted by Crippen LogP contribution is 2.25. The predicted molar refractivity (Wildman–Crippen MR) is 75.1 cm³/mol. The number of furan rings is 1. The standard InChI is InChI=1S/C16H19NO2/c1-11-6-2-4-8-13(11)17-16(18)15-10-12-7-3-5-9-14(12)19-15/h3,5,7,9-11,13H,2,4,6,8H2,1H3,(H,17,18)/t11-,13+/m1/s1. The van der Waals surface area contributed by atoms with Crippen LogP contribution in [0.3, 0.4) is 0 Å². The number of benzene rings is 1.